The Kier molecular flexibility index (Phi) is 15.1. The fourth-order valence-electron chi connectivity index (χ4n) is 3.17. The van der Waals surface area contributed by atoms with E-state index in [-0.39, 0.29) is 29.5 Å². The van der Waals surface area contributed by atoms with Gasteiger partial charge in [-0.3, -0.25) is 9.69 Å². The zero-order chi connectivity index (χ0) is 25.4. The fraction of sp³-hybridized carbons (Fsp3) is 0.654. The van der Waals surface area contributed by atoms with Gasteiger partial charge in [-0.1, -0.05) is 52.5 Å². The summed E-state index contributed by atoms with van der Waals surface area (Å²) in [6.07, 6.45) is 10.4. The fourth-order valence-corrected chi connectivity index (χ4v) is 3.17. The molecule has 0 atom stereocenters. The molecule has 7 heteroatoms. The molecule has 188 valence electrons. The van der Waals surface area contributed by atoms with Crippen LogP contribution in [0, 0.1) is 0 Å². The summed E-state index contributed by atoms with van der Waals surface area (Å²) in [5, 5.41) is 22.4. The molecule has 0 bridgehead atoms. The number of carboxylic acid groups (broad SMARTS) is 2. The Balaban J connectivity index is 5.48. The van der Waals surface area contributed by atoms with Gasteiger partial charge < -0.3 is 15.5 Å². The van der Waals surface area contributed by atoms with Crippen LogP contribution in [-0.2, 0) is 14.4 Å². The number of unbranched alkanes of at least 4 members (excludes halogenated alkanes) is 5. The van der Waals surface area contributed by atoms with Crippen LogP contribution >= 0.6 is 0 Å². The van der Waals surface area contributed by atoms with Crippen LogP contribution in [0.15, 0.2) is 35.7 Å². The molecule has 0 unspecified atom stereocenters. The minimum absolute atomic E-state index is 0.0195. The van der Waals surface area contributed by atoms with Crippen LogP contribution in [0.4, 0.5) is 0 Å². The van der Waals surface area contributed by atoms with Gasteiger partial charge in [0.1, 0.15) is 0 Å². The van der Waals surface area contributed by atoms with Gasteiger partial charge in [-0.2, -0.15) is 0 Å². The first-order chi connectivity index (χ1) is 15.4. The van der Waals surface area contributed by atoms with Crippen LogP contribution < -0.4 is 5.32 Å². The lowest BCUT2D eigenvalue weighted by Crippen LogP contribution is -2.36. The van der Waals surface area contributed by atoms with Crippen molar-refractivity contribution in [1.29, 1.82) is 0 Å². The van der Waals surface area contributed by atoms with E-state index in [9.17, 15) is 24.6 Å². The maximum Gasteiger partial charge on any atom is 0.333 e. The van der Waals surface area contributed by atoms with E-state index in [1.54, 1.807) is 6.92 Å². The van der Waals surface area contributed by atoms with Crippen molar-refractivity contribution in [2.24, 2.45) is 0 Å². The predicted molar refractivity (Wildman–Crippen MR) is 133 cm³/mol. The lowest BCUT2D eigenvalue weighted by molar-refractivity contribution is -0.133. The van der Waals surface area contributed by atoms with Crippen molar-refractivity contribution in [2.45, 2.75) is 104 Å². The third-order valence-electron chi connectivity index (χ3n) is 5.17. The van der Waals surface area contributed by atoms with Crippen molar-refractivity contribution in [1.82, 2.24) is 10.2 Å². The molecule has 0 saturated heterocycles. The highest BCUT2D eigenvalue weighted by molar-refractivity contribution is 5.96. The number of aliphatic carboxylic acids is 2. The molecule has 7 nitrogen and oxygen atoms in total. The molecule has 0 aromatic carbocycles. The molecule has 1 amide bonds. The first kappa shape index (κ1) is 30.6. The summed E-state index contributed by atoms with van der Waals surface area (Å²) >= 11 is 0. The first-order valence-corrected chi connectivity index (χ1v) is 12.1. The number of rotatable bonds is 17. The van der Waals surface area contributed by atoms with Gasteiger partial charge in [0.2, 0.25) is 0 Å². The van der Waals surface area contributed by atoms with Crippen molar-refractivity contribution >= 4 is 17.8 Å². The van der Waals surface area contributed by atoms with Gasteiger partial charge in [0.05, 0.1) is 11.1 Å². The first-order valence-electron chi connectivity index (χ1n) is 12.1. The Morgan fingerprint density at radius 3 is 1.91 bits per heavy atom. The van der Waals surface area contributed by atoms with Gasteiger partial charge in [0.25, 0.3) is 5.91 Å². The third kappa shape index (κ3) is 14.4. The number of hydrogen-bond donors (Lipinski definition) is 3. The van der Waals surface area contributed by atoms with Crippen LogP contribution in [-0.4, -0.2) is 45.0 Å². The molecule has 0 heterocycles. The summed E-state index contributed by atoms with van der Waals surface area (Å²) in [6.45, 7) is 14.4. The monoisotopic (exact) mass is 464 g/mol. The summed E-state index contributed by atoms with van der Waals surface area (Å²) in [4.78, 5) is 37.5. The van der Waals surface area contributed by atoms with E-state index in [0.717, 1.165) is 24.2 Å². The van der Waals surface area contributed by atoms with Crippen molar-refractivity contribution in [3.05, 3.63) is 35.7 Å². The molecule has 0 aliphatic heterocycles. The lowest BCUT2D eigenvalue weighted by Gasteiger charge is -2.21. The van der Waals surface area contributed by atoms with Crippen molar-refractivity contribution in [3.8, 4) is 0 Å². The average molecular weight is 465 g/mol. The molecule has 0 radical (unpaired) electrons. The summed E-state index contributed by atoms with van der Waals surface area (Å²) in [5.74, 6) is -2.74. The summed E-state index contributed by atoms with van der Waals surface area (Å²) in [6, 6.07) is 0. The quantitative estimate of drug-likeness (QED) is 0.190. The van der Waals surface area contributed by atoms with Gasteiger partial charge >= 0.3 is 11.9 Å². The van der Waals surface area contributed by atoms with Crippen LogP contribution in [0.2, 0.25) is 0 Å². The average Bonchev–Trinajstić information content (AvgIpc) is 2.73. The Hall–Kier alpha value is -2.41. The van der Waals surface area contributed by atoms with E-state index >= 15 is 0 Å². The minimum Gasteiger partial charge on any atom is -0.478 e. The number of carbonyl (C=O) groups is 3. The Morgan fingerprint density at radius 2 is 1.39 bits per heavy atom. The van der Waals surface area contributed by atoms with Crippen molar-refractivity contribution in [2.75, 3.05) is 6.54 Å². The molecule has 0 aromatic heterocycles. The number of nitrogens with one attached hydrogen (secondary N) is 1. The van der Waals surface area contributed by atoms with Crippen LogP contribution in [0.5, 0.6) is 0 Å². The van der Waals surface area contributed by atoms with Crippen LogP contribution in [0.3, 0.4) is 0 Å². The molecule has 3 N–H and O–H groups in total. The van der Waals surface area contributed by atoms with Crippen LogP contribution in [0.25, 0.3) is 0 Å². The van der Waals surface area contributed by atoms with Crippen molar-refractivity contribution in [3.63, 3.8) is 0 Å². The number of nitrogens with zero attached hydrogens (tertiary/aromatic N) is 1. The highest BCUT2D eigenvalue weighted by Crippen LogP contribution is 2.17. The lowest BCUT2D eigenvalue weighted by atomic mass is 10.0. The largest absolute Gasteiger partial charge is 0.478 e. The molecule has 33 heavy (non-hydrogen) atoms. The zero-order valence-corrected chi connectivity index (χ0v) is 21.2. The second-order valence-electron chi connectivity index (χ2n) is 9.39. The summed E-state index contributed by atoms with van der Waals surface area (Å²) in [5.41, 5.74) is 0.330. The summed E-state index contributed by atoms with van der Waals surface area (Å²) in [7, 11) is 0. The van der Waals surface area contributed by atoms with Gasteiger partial charge in [0, 0.05) is 23.5 Å². The Bertz CT molecular complexity index is 717. The van der Waals surface area contributed by atoms with Crippen LogP contribution in [0.1, 0.15) is 98.8 Å². The number of amides is 1. The molecule has 0 saturated carbocycles. The molecule has 0 spiro atoms. The topological polar surface area (TPSA) is 107 Å². The normalized spacial score (nSPS) is 12.5. The van der Waals surface area contributed by atoms with Gasteiger partial charge in [-0.25, -0.2) is 9.59 Å². The SMILES string of the molecule is C=C(CCCCCCCC)C(=O)N(C=C(CC)C(=O)O)C=C(CCCNC(C)(C)C)C(=O)O. The standard InChI is InChI=1S/C26H44N2O5/c1-7-9-10-11-12-13-15-20(3)23(29)28(18-21(8-2)24(30)31)19-22(25(32)33)16-14-17-27-26(4,5)6/h18-19,27H,3,7-17H2,1-2,4-6H3,(H,30,31)(H,32,33). The number of carboxylic acids is 2. The van der Waals surface area contributed by atoms with E-state index in [1.165, 1.54) is 31.7 Å². The van der Waals surface area contributed by atoms with E-state index < -0.39 is 17.8 Å². The summed E-state index contributed by atoms with van der Waals surface area (Å²) < 4.78 is 0. The van der Waals surface area contributed by atoms with E-state index in [2.05, 4.69) is 18.8 Å². The molecule has 0 rings (SSSR count). The minimum atomic E-state index is -1.14. The molecule has 0 aromatic rings. The van der Waals surface area contributed by atoms with Gasteiger partial charge in [0.15, 0.2) is 0 Å². The highest BCUT2D eigenvalue weighted by atomic mass is 16.4. The molecular formula is C26H44N2O5. The smallest absolute Gasteiger partial charge is 0.333 e. The molecule has 0 aliphatic carbocycles. The zero-order valence-electron chi connectivity index (χ0n) is 21.2. The van der Waals surface area contributed by atoms with E-state index in [4.69, 9.17) is 0 Å². The van der Waals surface area contributed by atoms with E-state index in [0.29, 0.717) is 25.0 Å². The second-order valence-corrected chi connectivity index (χ2v) is 9.39. The van der Waals surface area contributed by atoms with E-state index in [1.807, 2.05) is 20.8 Å². The number of hydrogen-bond acceptors (Lipinski definition) is 4. The van der Waals surface area contributed by atoms with Gasteiger partial charge in [-0.05, 0) is 59.4 Å². The number of carbonyl (C=O) groups excluding carboxylic acids is 1. The van der Waals surface area contributed by atoms with Gasteiger partial charge in [-0.15, -0.1) is 0 Å². The maximum atomic E-state index is 13.0. The molecular weight excluding hydrogens is 420 g/mol. The Labute approximate surface area is 199 Å². The highest BCUT2D eigenvalue weighted by Gasteiger charge is 2.19. The maximum absolute atomic E-state index is 13.0. The Morgan fingerprint density at radius 1 is 0.848 bits per heavy atom. The van der Waals surface area contributed by atoms with Crippen molar-refractivity contribution < 1.29 is 24.6 Å². The second kappa shape index (κ2) is 16.2. The third-order valence-corrected chi connectivity index (χ3v) is 5.17. The molecule has 0 fully saturated rings. The molecule has 0 aliphatic rings. The predicted octanol–water partition coefficient (Wildman–Crippen LogP) is 5.64.